The molecule has 0 atom stereocenters. The number of aryl methyl sites for hydroxylation is 2. The molecule has 0 bridgehead atoms. The third kappa shape index (κ3) is 2.95. The van der Waals surface area contributed by atoms with Crippen LogP contribution in [0.4, 0.5) is 10.1 Å². The molecular formula is C14H15FN2O2S2. The van der Waals surface area contributed by atoms with Crippen molar-refractivity contribution in [1.29, 1.82) is 0 Å². The van der Waals surface area contributed by atoms with Crippen molar-refractivity contribution in [1.82, 2.24) is 4.72 Å². The van der Waals surface area contributed by atoms with Crippen molar-refractivity contribution in [2.45, 2.75) is 30.7 Å². The van der Waals surface area contributed by atoms with E-state index in [0.717, 1.165) is 23.8 Å². The zero-order chi connectivity index (χ0) is 15.0. The molecule has 1 aliphatic rings. The Morgan fingerprint density at radius 3 is 2.81 bits per heavy atom. The molecule has 0 amide bonds. The number of benzene rings is 1. The average Bonchev–Trinajstić information content (AvgIpc) is 3.00. The number of rotatable bonds is 4. The Kier molecular flexibility index (Phi) is 3.73. The molecule has 112 valence electrons. The maximum Gasteiger partial charge on any atom is 0.241 e. The molecule has 0 spiro atoms. The second kappa shape index (κ2) is 5.40. The van der Waals surface area contributed by atoms with Crippen molar-refractivity contribution >= 4 is 27.0 Å². The van der Waals surface area contributed by atoms with Crippen LogP contribution in [0.25, 0.3) is 0 Å². The summed E-state index contributed by atoms with van der Waals surface area (Å²) in [6.07, 6.45) is 3.33. The van der Waals surface area contributed by atoms with Crippen LogP contribution in [0.1, 0.15) is 21.7 Å². The van der Waals surface area contributed by atoms with Crippen molar-refractivity contribution < 1.29 is 12.8 Å². The second-order valence-corrected chi connectivity index (χ2v) is 8.01. The molecule has 1 aliphatic carbocycles. The number of fused-ring (bicyclic) bond motifs is 1. The summed E-state index contributed by atoms with van der Waals surface area (Å²) in [7, 11) is -3.73. The number of nitrogen functional groups attached to an aromatic ring is 1. The van der Waals surface area contributed by atoms with Crippen LogP contribution in [0, 0.1) is 5.82 Å². The lowest BCUT2D eigenvalue weighted by molar-refractivity contribution is 0.578. The second-order valence-electron chi connectivity index (χ2n) is 5.02. The molecule has 1 aromatic carbocycles. The fraction of sp³-hybridized carbons (Fsp3) is 0.286. The topological polar surface area (TPSA) is 72.2 Å². The van der Waals surface area contributed by atoms with Gasteiger partial charge in [0.05, 0.1) is 10.6 Å². The molecule has 3 N–H and O–H groups in total. The van der Waals surface area contributed by atoms with E-state index in [-0.39, 0.29) is 17.1 Å². The highest BCUT2D eigenvalue weighted by molar-refractivity contribution is 7.89. The minimum Gasteiger partial charge on any atom is -0.396 e. The Balaban J connectivity index is 1.74. The van der Waals surface area contributed by atoms with Gasteiger partial charge in [0.25, 0.3) is 0 Å². The number of sulfonamides is 1. The summed E-state index contributed by atoms with van der Waals surface area (Å²) >= 11 is 1.64. The van der Waals surface area contributed by atoms with E-state index in [2.05, 4.69) is 10.8 Å². The molecule has 7 heteroatoms. The zero-order valence-electron chi connectivity index (χ0n) is 11.2. The van der Waals surface area contributed by atoms with Crippen LogP contribution in [-0.2, 0) is 29.4 Å². The Hall–Kier alpha value is -1.44. The van der Waals surface area contributed by atoms with E-state index in [9.17, 15) is 12.8 Å². The standard InChI is InChI=1S/C14H15FN2O2S2/c15-12-7-11(4-5-13(12)16)21(18,19)17-8-10-6-9-2-1-3-14(9)20-10/h4-7,17H,1-3,8,16H2. The lowest BCUT2D eigenvalue weighted by Gasteiger charge is -2.06. The first-order valence-electron chi connectivity index (χ1n) is 6.61. The smallest absolute Gasteiger partial charge is 0.241 e. The summed E-state index contributed by atoms with van der Waals surface area (Å²) in [5, 5.41) is 0. The minimum absolute atomic E-state index is 0.0661. The first kappa shape index (κ1) is 14.5. The van der Waals surface area contributed by atoms with Crippen LogP contribution in [0.2, 0.25) is 0 Å². The number of hydrogen-bond donors (Lipinski definition) is 2. The van der Waals surface area contributed by atoms with E-state index in [1.165, 1.54) is 29.0 Å². The first-order chi connectivity index (χ1) is 9.95. The normalized spacial score (nSPS) is 14.3. The van der Waals surface area contributed by atoms with Crippen molar-refractivity contribution in [2.24, 2.45) is 0 Å². The van der Waals surface area contributed by atoms with Gasteiger partial charge >= 0.3 is 0 Å². The molecule has 4 nitrogen and oxygen atoms in total. The fourth-order valence-corrected chi connectivity index (χ4v) is 4.71. The van der Waals surface area contributed by atoms with Crippen LogP contribution in [0.15, 0.2) is 29.2 Å². The largest absolute Gasteiger partial charge is 0.396 e. The maximum absolute atomic E-state index is 13.4. The summed E-state index contributed by atoms with van der Waals surface area (Å²) < 4.78 is 40.1. The van der Waals surface area contributed by atoms with Gasteiger partial charge in [-0.1, -0.05) is 0 Å². The molecule has 1 aromatic heterocycles. The number of anilines is 1. The molecule has 1 heterocycles. The molecule has 0 fully saturated rings. The Labute approximate surface area is 126 Å². The highest BCUT2D eigenvalue weighted by atomic mass is 32.2. The number of halogens is 1. The number of hydrogen-bond acceptors (Lipinski definition) is 4. The monoisotopic (exact) mass is 326 g/mol. The Bertz CT molecular complexity index is 763. The van der Waals surface area contributed by atoms with E-state index < -0.39 is 15.8 Å². The van der Waals surface area contributed by atoms with Crippen molar-refractivity contribution in [3.8, 4) is 0 Å². The van der Waals surface area contributed by atoms with Gasteiger partial charge < -0.3 is 5.73 Å². The predicted octanol–water partition coefficient (Wildman–Crippen LogP) is 2.44. The van der Waals surface area contributed by atoms with Crippen LogP contribution in [-0.4, -0.2) is 8.42 Å². The minimum atomic E-state index is -3.73. The Morgan fingerprint density at radius 2 is 2.10 bits per heavy atom. The molecular weight excluding hydrogens is 311 g/mol. The lowest BCUT2D eigenvalue weighted by Crippen LogP contribution is -2.23. The van der Waals surface area contributed by atoms with E-state index in [1.54, 1.807) is 11.3 Å². The SMILES string of the molecule is Nc1ccc(S(=O)(=O)NCc2cc3c(s2)CCC3)cc1F. The summed E-state index contributed by atoms with van der Waals surface area (Å²) in [4.78, 5) is 2.22. The van der Waals surface area contributed by atoms with Crippen molar-refractivity contribution in [3.05, 3.63) is 45.4 Å². The lowest BCUT2D eigenvalue weighted by atomic mass is 10.2. The molecule has 2 aromatic rings. The van der Waals surface area contributed by atoms with Gasteiger partial charge in [-0.2, -0.15) is 0 Å². The van der Waals surface area contributed by atoms with E-state index in [1.807, 2.05) is 0 Å². The summed E-state index contributed by atoms with van der Waals surface area (Å²) in [5.74, 6) is -0.729. The number of nitrogens with one attached hydrogen (secondary N) is 1. The van der Waals surface area contributed by atoms with Crippen molar-refractivity contribution in [3.63, 3.8) is 0 Å². The quantitative estimate of drug-likeness (QED) is 0.848. The van der Waals surface area contributed by atoms with Gasteiger partial charge in [0.2, 0.25) is 10.0 Å². The molecule has 0 saturated heterocycles. The molecule has 0 unspecified atom stereocenters. The zero-order valence-corrected chi connectivity index (χ0v) is 12.9. The van der Waals surface area contributed by atoms with Crippen LogP contribution in [0.5, 0.6) is 0 Å². The molecule has 21 heavy (non-hydrogen) atoms. The van der Waals surface area contributed by atoms with Gasteiger partial charge in [0, 0.05) is 16.3 Å². The Morgan fingerprint density at radius 1 is 1.29 bits per heavy atom. The molecule has 0 aliphatic heterocycles. The van der Waals surface area contributed by atoms with E-state index in [4.69, 9.17) is 5.73 Å². The summed E-state index contributed by atoms with van der Waals surface area (Å²) in [6, 6.07) is 5.55. The summed E-state index contributed by atoms with van der Waals surface area (Å²) in [5.41, 5.74) is 6.61. The maximum atomic E-state index is 13.4. The van der Waals surface area contributed by atoms with Crippen LogP contribution < -0.4 is 10.5 Å². The van der Waals surface area contributed by atoms with Gasteiger partial charge in [-0.3, -0.25) is 0 Å². The number of nitrogens with two attached hydrogens (primary N) is 1. The third-order valence-corrected chi connectivity index (χ3v) is 6.15. The molecule has 0 radical (unpaired) electrons. The highest BCUT2D eigenvalue weighted by Crippen LogP contribution is 2.30. The van der Waals surface area contributed by atoms with Gasteiger partial charge in [-0.25, -0.2) is 17.5 Å². The molecule has 0 saturated carbocycles. The van der Waals surface area contributed by atoms with E-state index >= 15 is 0 Å². The van der Waals surface area contributed by atoms with Crippen LogP contribution >= 0.6 is 11.3 Å². The van der Waals surface area contributed by atoms with Gasteiger partial charge in [0.15, 0.2) is 0 Å². The van der Waals surface area contributed by atoms with Crippen LogP contribution in [0.3, 0.4) is 0 Å². The highest BCUT2D eigenvalue weighted by Gasteiger charge is 2.18. The first-order valence-corrected chi connectivity index (χ1v) is 8.91. The van der Waals surface area contributed by atoms with E-state index in [0.29, 0.717) is 0 Å². The predicted molar refractivity (Wildman–Crippen MR) is 81.2 cm³/mol. The average molecular weight is 326 g/mol. The van der Waals surface area contributed by atoms with Gasteiger partial charge in [0.1, 0.15) is 5.82 Å². The fourth-order valence-electron chi connectivity index (χ4n) is 2.40. The molecule has 3 rings (SSSR count). The summed E-state index contributed by atoms with van der Waals surface area (Å²) in [6.45, 7) is 0.228. The third-order valence-electron chi connectivity index (χ3n) is 3.52. The van der Waals surface area contributed by atoms with Gasteiger partial charge in [-0.15, -0.1) is 11.3 Å². The number of thiophene rings is 1. The van der Waals surface area contributed by atoms with Gasteiger partial charge in [-0.05, 0) is 49.1 Å². The van der Waals surface area contributed by atoms with Crippen molar-refractivity contribution in [2.75, 3.05) is 5.73 Å².